The fourth-order valence-corrected chi connectivity index (χ4v) is 3.96. The van der Waals surface area contributed by atoms with E-state index in [9.17, 15) is 17.6 Å². The quantitative estimate of drug-likeness (QED) is 0.278. The molecule has 39 heavy (non-hydrogen) atoms. The van der Waals surface area contributed by atoms with Crippen molar-refractivity contribution in [2.24, 2.45) is 0 Å². The van der Waals surface area contributed by atoms with E-state index in [0.717, 1.165) is 6.20 Å². The van der Waals surface area contributed by atoms with E-state index in [-0.39, 0.29) is 23.1 Å². The van der Waals surface area contributed by atoms with Crippen molar-refractivity contribution in [1.82, 2.24) is 14.7 Å². The Morgan fingerprint density at radius 2 is 1.56 bits per heavy atom. The van der Waals surface area contributed by atoms with Gasteiger partial charge in [-0.05, 0) is 32.9 Å². The maximum atomic E-state index is 14.6. The minimum atomic E-state index is -4.39. The molecule has 0 aliphatic heterocycles. The number of para-hydroxylation sites is 2. The molecular weight excluding hydrogens is 535 g/mol. The standard InChI is InChI=1S/C24H29FN6O7S/c1-24(2,3)38-23(32)31-39(33,34)30-17-10-8-7-9-16(17)28-21-15(25)13-26-22(29-21)27-14-11-18(35-4)20(37-6)19(12-14)36-5/h7-13,30H,1-6H3,(H,31,32)(H2,26,27,28,29). The molecule has 1 aromatic heterocycles. The number of hydrogen-bond donors (Lipinski definition) is 4. The van der Waals surface area contributed by atoms with Crippen molar-refractivity contribution >= 4 is 45.1 Å². The van der Waals surface area contributed by atoms with Crippen molar-refractivity contribution in [3.63, 3.8) is 0 Å². The number of carbonyl (C=O) groups is 1. The van der Waals surface area contributed by atoms with Gasteiger partial charge in [-0.2, -0.15) is 13.4 Å². The predicted molar refractivity (Wildman–Crippen MR) is 143 cm³/mol. The lowest BCUT2D eigenvalue weighted by Crippen LogP contribution is -2.39. The second kappa shape index (κ2) is 11.9. The number of rotatable bonds is 10. The van der Waals surface area contributed by atoms with Crippen LogP contribution in [0.3, 0.4) is 0 Å². The second-order valence-corrected chi connectivity index (χ2v) is 10.2. The van der Waals surface area contributed by atoms with Crippen LogP contribution in [0, 0.1) is 5.82 Å². The zero-order chi connectivity index (χ0) is 28.8. The Hall–Kier alpha value is -4.53. The summed E-state index contributed by atoms with van der Waals surface area (Å²) in [6.45, 7) is 4.77. The lowest BCUT2D eigenvalue weighted by molar-refractivity contribution is 0.0570. The number of carbonyl (C=O) groups excluding carboxylic acids is 1. The molecule has 3 aromatic rings. The molecule has 0 fully saturated rings. The first kappa shape index (κ1) is 29.0. The molecule has 2 aromatic carbocycles. The van der Waals surface area contributed by atoms with Crippen LogP contribution in [-0.4, -0.2) is 51.4 Å². The zero-order valence-electron chi connectivity index (χ0n) is 22.1. The highest BCUT2D eigenvalue weighted by molar-refractivity contribution is 7.91. The number of nitrogens with zero attached hydrogens (tertiary/aromatic N) is 2. The molecule has 0 radical (unpaired) electrons. The third kappa shape index (κ3) is 7.98. The van der Waals surface area contributed by atoms with Gasteiger partial charge in [-0.1, -0.05) is 12.1 Å². The third-order valence-corrected chi connectivity index (χ3v) is 5.63. The van der Waals surface area contributed by atoms with E-state index in [1.807, 2.05) is 0 Å². The summed E-state index contributed by atoms with van der Waals surface area (Å²) >= 11 is 0. The van der Waals surface area contributed by atoms with Gasteiger partial charge in [0.2, 0.25) is 11.7 Å². The largest absolute Gasteiger partial charge is 0.493 e. The van der Waals surface area contributed by atoms with E-state index in [2.05, 4.69) is 25.3 Å². The van der Waals surface area contributed by atoms with Gasteiger partial charge in [0.15, 0.2) is 23.1 Å². The highest BCUT2D eigenvalue weighted by Crippen LogP contribution is 2.40. The van der Waals surface area contributed by atoms with Crippen LogP contribution >= 0.6 is 0 Å². The molecule has 0 aliphatic carbocycles. The highest BCUT2D eigenvalue weighted by Gasteiger charge is 2.22. The van der Waals surface area contributed by atoms with E-state index in [0.29, 0.717) is 22.9 Å². The van der Waals surface area contributed by atoms with Gasteiger partial charge < -0.3 is 29.6 Å². The lowest BCUT2D eigenvalue weighted by atomic mass is 10.2. The first-order valence-corrected chi connectivity index (χ1v) is 12.8. The van der Waals surface area contributed by atoms with Crippen LogP contribution in [0.25, 0.3) is 0 Å². The zero-order valence-corrected chi connectivity index (χ0v) is 22.9. The molecule has 0 aliphatic rings. The number of aromatic nitrogens is 2. The Balaban J connectivity index is 1.84. The average molecular weight is 565 g/mol. The fraction of sp³-hybridized carbons (Fsp3) is 0.292. The fourth-order valence-electron chi connectivity index (χ4n) is 3.18. The minimum Gasteiger partial charge on any atom is -0.493 e. The van der Waals surface area contributed by atoms with Crippen molar-refractivity contribution in [3.05, 3.63) is 48.4 Å². The number of hydrogen-bond acceptors (Lipinski definition) is 11. The molecule has 0 atom stereocenters. The second-order valence-electron chi connectivity index (χ2n) is 8.81. The third-order valence-electron chi connectivity index (χ3n) is 4.71. The van der Waals surface area contributed by atoms with Gasteiger partial charge in [0.25, 0.3) is 0 Å². The Morgan fingerprint density at radius 3 is 2.13 bits per heavy atom. The van der Waals surface area contributed by atoms with Crippen LogP contribution in [0.15, 0.2) is 42.6 Å². The topological polar surface area (TPSA) is 162 Å². The van der Waals surface area contributed by atoms with Gasteiger partial charge in [0.1, 0.15) is 5.60 Å². The van der Waals surface area contributed by atoms with Crippen molar-refractivity contribution < 1.29 is 36.6 Å². The Bertz CT molecular complexity index is 1420. The van der Waals surface area contributed by atoms with Crippen molar-refractivity contribution in [1.29, 1.82) is 0 Å². The minimum absolute atomic E-state index is 0.00528. The normalized spacial score (nSPS) is 11.3. The molecule has 1 heterocycles. The summed E-state index contributed by atoms with van der Waals surface area (Å²) in [5.74, 6) is 0.0784. The van der Waals surface area contributed by atoms with E-state index in [1.165, 1.54) is 33.5 Å². The summed E-state index contributed by atoms with van der Waals surface area (Å²) in [7, 11) is 0.0148. The Labute approximate surface area is 225 Å². The van der Waals surface area contributed by atoms with Crippen LogP contribution in [-0.2, 0) is 14.9 Å². The first-order valence-electron chi connectivity index (χ1n) is 11.3. The molecule has 0 bridgehead atoms. The van der Waals surface area contributed by atoms with Crippen molar-refractivity contribution in [2.45, 2.75) is 26.4 Å². The van der Waals surface area contributed by atoms with Gasteiger partial charge >= 0.3 is 16.3 Å². The summed E-state index contributed by atoms with van der Waals surface area (Å²) in [6, 6.07) is 9.26. The highest BCUT2D eigenvalue weighted by atomic mass is 32.2. The monoisotopic (exact) mass is 564 g/mol. The molecule has 0 saturated heterocycles. The number of methoxy groups -OCH3 is 3. The molecule has 0 saturated carbocycles. The molecule has 210 valence electrons. The maximum absolute atomic E-state index is 14.6. The number of halogens is 1. The van der Waals surface area contributed by atoms with E-state index >= 15 is 0 Å². The number of amides is 1. The SMILES string of the molecule is COc1cc(Nc2ncc(F)c(Nc3ccccc3NS(=O)(=O)NC(=O)OC(C)(C)C)n2)cc(OC)c1OC. The molecule has 15 heteroatoms. The van der Waals surface area contributed by atoms with Crippen molar-refractivity contribution in [3.8, 4) is 17.2 Å². The molecule has 0 unspecified atom stereocenters. The van der Waals surface area contributed by atoms with Gasteiger partial charge in [0, 0.05) is 17.8 Å². The summed E-state index contributed by atoms with van der Waals surface area (Å²) in [6.07, 6.45) is -0.225. The summed E-state index contributed by atoms with van der Waals surface area (Å²) in [4.78, 5) is 20.0. The van der Waals surface area contributed by atoms with E-state index in [1.54, 1.807) is 49.8 Å². The molecule has 3 rings (SSSR count). The van der Waals surface area contributed by atoms with Crippen molar-refractivity contribution in [2.75, 3.05) is 36.7 Å². The maximum Gasteiger partial charge on any atom is 0.422 e. The number of nitrogens with one attached hydrogen (secondary N) is 4. The van der Waals surface area contributed by atoms with Crippen LogP contribution < -0.4 is 34.3 Å². The van der Waals surface area contributed by atoms with E-state index in [4.69, 9.17) is 18.9 Å². The molecule has 1 amide bonds. The van der Waals surface area contributed by atoms with Gasteiger partial charge in [-0.15, -0.1) is 0 Å². The Kier molecular flexibility index (Phi) is 8.85. The summed E-state index contributed by atoms with van der Waals surface area (Å²) in [5.41, 5.74) is -0.296. The molecular formula is C24H29FN6O7S. The predicted octanol–water partition coefficient (Wildman–Crippen LogP) is 4.31. The average Bonchev–Trinajstić information content (AvgIpc) is 2.84. The van der Waals surface area contributed by atoms with Gasteiger partial charge in [-0.25, -0.2) is 18.9 Å². The van der Waals surface area contributed by atoms with Crippen LogP contribution in [0.5, 0.6) is 17.2 Å². The lowest BCUT2D eigenvalue weighted by Gasteiger charge is -2.20. The smallest absolute Gasteiger partial charge is 0.422 e. The number of benzene rings is 2. The first-order chi connectivity index (χ1) is 18.3. The molecule has 13 nitrogen and oxygen atoms in total. The Morgan fingerprint density at radius 1 is 0.949 bits per heavy atom. The van der Waals surface area contributed by atoms with Crippen LogP contribution in [0.4, 0.5) is 38.0 Å². The number of ether oxygens (including phenoxy) is 4. The van der Waals surface area contributed by atoms with Crippen LogP contribution in [0.2, 0.25) is 0 Å². The molecule has 4 N–H and O–H groups in total. The van der Waals surface area contributed by atoms with E-state index < -0.39 is 27.7 Å². The van der Waals surface area contributed by atoms with Crippen LogP contribution in [0.1, 0.15) is 20.8 Å². The number of anilines is 5. The summed E-state index contributed by atoms with van der Waals surface area (Å²) < 4.78 is 64.5. The van der Waals surface area contributed by atoms with Gasteiger partial charge in [-0.3, -0.25) is 4.72 Å². The van der Waals surface area contributed by atoms with Gasteiger partial charge in [0.05, 0.1) is 38.9 Å². The summed E-state index contributed by atoms with van der Waals surface area (Å²) in [5, 5.41) is 5.67. The molecule has 0 spiro atoms.